The number of nitrogens with zero attached hydrogens (tertiary/aromatic N) is 2. The van der Waals surface area contributed by atoms with E-state index in [2.05, 4.69) is 33.1 Å². The summed E-state index contributed by atoms with van der Waals surface area (Å²) in [7, 11) is 3.35. The van der Waals surface area contributed by atoms with Crippen molar-refractivity contribution in [2.24, 2.45) is 5.10 Å². The minimum Gasteiger partial charge on any atom is -0.497 e. The molecule has 3 aromatic carbocycles. The van der Waals surface area contributed by atoms with Gasteiger partial charge in [-0.1, -0.05) is 28.1 Å². The molecular weight excluding hydrogens is 444 g/mol. The highest BCUT2D eigenvalue weighted by Gasteiger charge is 2.41. The molecule has 30 heavy (non-hydrogen) atoms. The van der Waals surface area contributed by atoms with Crippen LogP contribution in [-0.4, -0.2) is 24.9 Å². The zero-order valence-corrected chi connectivity index (χ0v) is 18.3. The van der Waals surface area contributed by atoms with Gasteiger partial charge in [0, 0.05) is 27.6 Å². The van der Waals surface area contributed by atoms with Crippen molar-refractivity contribution < 1.29 is 14.2 Å². The van der Waals surface area contributed by atoms with Crippen LogP contribution in [-0.2, 0) is 0 Å². The summed E-state index contributed by atoms with van der Waals surface area (Å²) in [4.78, 5) is 0. The molecule has 0 fully saturated rings. The van der Waals surface area contributed by atoms with E-state index in [0.29, 0.717) is 0 Å². The summed E-state index contributed by atoms with van der Waals surface area (Å²) in [6.45, 7) is 0. The Labute approximate surface area is 184 Å². The van der Waals surface area contributed by atoms with Gasteiger partial charge in [-0.2, -0.15) is 5.10 Å². The zero-order chi connectivity index (χ0) is 20.7. The molecule has 2 aliphatic heterocycles. The molecule has 0 bridgehead atoms. The van der Waals surface area contributed by atoms with Crippen LogP contribution in [0.15, 0.2) is 76.3 Å². The fourth-order valence-corrected chi connectivity index (χ4v) is 4.40. The first-order valence-corrected chi connectivity index (χ1v) is 10.6. The van der Waals surface area contributed by atoms with Crippen molar-refractivity contribution in [3.05, 3.63) is 87.9 Å². The van der Waals surface area contributed by atoms with E-state index in [9.17, 15) is 0 Å². The van der Waals surface area contributed by atoms with Crippen molar-refractivity contribution >= 4 is 21.6 Å². The van der Waals surface area contributed by atoms with Gasteiger partial charge < -0.3 is 14.2 Å². The highest BCUT2D eigenvalue weighted by molar-refractivity contribution is 9.10. The van der Waals surface area contributed by atoms with E-state index >= 15 is 0 Å². The van der Waals surface area contributed by atoms with Gasteiger partial charge in [-0.15, -0.1) is 0 Å². The van der Waals surface area contributed by atoms with E-state index in [4.69, 9.17) is 19.3 Å². The van der Waals surface area contributed by atoms with Crippen LogP contribution in [0.5, 0.6) is 17.2 Å². The van der Waals surface area contributed by atoms with Crippen LogP contribution in [0.2, 0.25) is 0 Å². The molecule has 2 atom stereocenters. The van der Waals surface area contributed by atoms with Crippen molar-refractivity contribution in [3.63, 3.8) is 0 Å². The molecule has 0 saturated heterocycles. The number of hydrogen-bond donors (Lipinski definition) is 0. The topological polar surface area (TPSA) is 43.3 Å². The number of hydrazone groups is 1. The van der Waals surface area contributed by atoms with Crippen LogP contribution in [0.1, 0.15) is 35.4 Å². The molecule has 6 heteroatoms. The molecule has 0 spiro atoms. The fraction of sp³-hybridized carbons (Fsp3) is 0.208. The molecule has 0 saturated carbocycles. The van der Waals surface area contributed by atoms with Crippen molar-refractivity contribution in [2.75, 3.05) is 14.2 Å². The Bertz CT molecular complexity index is 1110. The Morgan fingerprint density at radius 3 is 2.53 bits per heavy atom. The molecule has 0 aliphatic carbocycles. The Morgan fingerprint density at radius 1 is 0.967 bits per heavy atom. The number of hydrogen-bond acceptors (Lipinski definition) is 5. The maximum atomic E-state index is 6.42. The van der Waals surface area contributed by atoms with Crippen LogP contribution in [0.3, 0.4) is 0 Å². The summed E-state index contributed by atoms with van der Waals surface area (Å²) in [5, 5.41) is 7.08. The highest BCUT2D eigenvalue weighted by Crippen LogP contribution is 2.48. The lowest BCUT2D eigenvalue weighted by molar-refractivity contribution is -0.0191. The third-order valence-electron chi connectivity index (χ3n) is 5.56. The largest absolute Gasteiger partial charge is 0.497 e. The van der Waals surface area contributed by atoms with Gasteiger partial charge in [0.25, 0.3) is 0 Å². The fourth-order valence-electron chi connectivity index (χ4n) is 4.02. The third-order valence-corrected chi connectivity index (χ3v) is 6.05. The van der Waals surface area contributed by atoms with Crippen molar-refractivity contribution in [1.29, 1.82) is 0 Å². The second-order valence-corrected chi connectivity index (χ2v) is 8.22. The van der Waals surface area contributed by atoms with Gasteiger partial charge in [0.15, 0.2) is 0 Å². The van der Waals surface area contributed by atoms with Gasteiger partial charge in [-0.3, -0.25) is 0 Å². The average Bonchev–Trinajstić information content (AvgIpc) is 3.25. The van der Waals surface area contributed by atoms with E-state index in [1.807, 2.05) is 54.6 Å². The van der Waals surface area contributed by atoms with Gasteiger partial charge in [0.1, 0.15) is 17.2 Å². The first-order chi connectivity index (χ1) is 14.7. The lowest BCUT2D eigenvalue weighted by atomic mass is 9.96. The third kappa shape index (κ3) is 3.31. The molecule has 0 unspecified atom stereocenters. The summed E-state index contributed by atoms with van der Waals surface area (Å²) in [6, 6.07) is 22.3. The lowest BCUT2D eigenvalue weighted by Crippen LogP contribution is -2.33. The Balaban J connectivity index is 1.58. The molecule has 0 N–H and O–H groups in total. The van der Waals surface area contributed by atoms with Crippen LogP contribution in [0.4, 0.5) is 0 Å². The number of rotatable bonds is 4. The predicted molar refractivity (Wildman–Crippen MR) is 119 cm³/mol. The van der Waals surface area contributed by atoms with Gasteiger partial charge in [-0.05, 0) is 54.6 Å². The maximum absolute atomic E-state index is 6.42. The number of halogens is 1. The summed E-state index contributed by atoms with van der Waals surface area (Å²) in [5.74, 6) is 2.53. The first kappa shape index (κ1) is 19.0. The molecule has 152 valence electrons. The molecule has 0 amide bonds. The van der Waals surface area contributed by atoms with Crippen molar-refractivity contribution in [3.8, 4) is 17.2 Å². The number of ether oxygens (including phenoxy) is 3. The Morgan fingerprint density at radius 2 is 1.77 bits per heavy atom. The second kappa shape index (κ2) is 7.69. The monoisotopic (exact) mass is 464 g/mol. The van der Waals surface area contributed by atoms with Gasteiger partial charge >= 0.3 is 0 Å². The van der Waals surface area contributed by atoms with Crippen LogP contribution in [0.25, 0.3) is 0 Å². The first-order valence-electron chi connectivity index (χ1n) is 9.76. The smallest absolute Gasteiger partial charge is 0.213 e. The molecule has 0 aromatic heterocycles. The normalized spacial score (nSPS) is 19.4. The maximum Gasteiger partial charge on any atom is 0.213 e. The lowest BCUT2D eigenvalue weighted by Gasteiger charge is -2.38. The number of benzene rings is 3. The Kier molecular flexibility index (Phi) is 4.87. The van der Waals surface area contributed by atoms with E-state index in [0.717, 1.165) is 50.5 Å². The second-order valence-electron chi connectivity index (χ2n) is 7.30. The van der Waals surface area contributed by atoms with E-state index in [-0.39, 0.29) is 12.3 Å². The van der Waals surface area contributed by atoms with Gasteiger partial charge in [0.05, 0.1) is 26.0 Å². The summed E-state index contributed by atoms with van der Waals surface area (Å²) in [5.41, 5.74) is 4.25. The molecular formula is C24H21BrN2O3. The van der Waals surface area contributed by atoms with Crippen LogP contribution in [0, 0.1) is 0 Å². The zero-order valence-electron chi connectivity index (χ0n) is 16.7. The Hall–Kier alpha value is -2.99. The SMILES string of the molecule is COc1ccc([C@@H]2Oc3ccc(Br)cc3[C@@H]3CC(c4cccc(OC)c4)=NN32)cc1. The predicted octanol–water partition coefficient (Wildman–Crippen LogP) is 5.71. The van der Waals surface area contributed by atoms with Crippen LogP contribution >= 0.6 is 15.9 Å². The van der Waals surface area contributed by atoms with Gasteiger partial charge in [-0.25, -0.2) is 5.01 Å². The van der Waals surface area contributed by atoms with E-state index in [1.165, 1.54) is 0 Å². The standard InChI is InChI=1S/C24H21BrN2O3/c1-28-18-9-6-15(7-10-18)24-27-22(20-13-17(25)8-11-23(20)30-24)14-21(26-27)16-4-3-5-19(12-16)29-2/h3-13,22,24H,14H2,1-2H3/t22-,24-/m0/s1. The van der Waals surface area contributed by atoms with E-state index < -0.39 is 0 Å². The average molecular weight is 465 g/mol. The summed E-state index contributed by atoms with van der Waals surface area (Å²) in [6.07, 6.45) is 0.491. The van der Waals surface area contributed by atoms with Crippen LogP contribution < -0.4 is 14.2 Å². The number of methoxy groups -OCH3 is 2. The molecule has 2 heterocycles. The highest BCUT2D eigenvalue weighted by atomic mass is 79.9. The molecule has 2 aliphatic rings. The summed E-state index contributed by atoms with van der Waals surface area (Å²) >= 11 is 3.60. The van der Waals surface area contributed by atoms with Gasteiger partial charge in [0.2, 0.25) is 6.23 Å². The molecule has 5 rings (SSSR count). The molecule has 5 nitrogen and oxygen atoms in total. The minimum atomic E-state index is -0.308. The van der Waals surface area contributed by atoms with Crippen molar-refractivity contribution in [1.82, 2.24) is 5.01 Å². The van der Waals surface area contributed by atoms with Crippen molar-refractivity contribution in [2.45, 2.75) is 18.7 Å². The molecule has 0 radical (unpaired) electrons. The molecule has 3 aromatic rings. The number of fused-ring (bicyclic) bond motifs is 3. The van der Waals surface area contributed by atoms with E-state index in [1.54, 1.807) is 14.2 Å². The quantitative estimate of drug-likeness (QED) is 0.495. The minimum absolute atomic E-state index is 0.0968. The summed E-state index contributed by atoms with van der Waals surface area (Å²) < 4.78 is 18.2.